The maximum absolute atomic E-state index is 12.8. The summed E-state index contributed by atoms with van der Waals surface area (Å²) in [6.45, 7) is 3.77. The first-order valence-electron chi connectivity index (χ1n) is 8.55. The molecule has 0 unspecified atom stereocenters. The summed E-state index contributed by atoms with van der Waals surface area (Å²) in [5.41, 5.74) is 1.53. The lowest BCUT2D eigenvalue weighted by atomic mass is 10.1. The molecule has 1 aliphatic rings. The summed E-state index contributed by atoms with van der Waals surface area (Å²) in [6.07, 6.45) is 0. The van der Waals surface area contributed by atoms with Crippen LogP contribution in [-0.4, -0.2) is 52.6 Å². The largest absolute Gasteiger partial charge is 0.497 e. The quantitative estimate of drug-likeness (QED) is 0.847. The lowest BCUT2D eigenvalue weighted by molar-refractivity contribution is 0.0302. The first-order chi connectivity index (χ1) is 12.9. The molecule has 0 aliphatic carbocycles. The van der Waals surface area contributed by atoms with Crippen LogP contribution in [0.1, 0.15) is 15.9 Å². The van der Waals surface area contributed by atoms with Gasteiger partial charge in [-0.25, -0.2) is 8.42 Å². The number of sulfonamides is 1. The first kappa shape index (κ1) is 19.2. The van der Waals surface area contributed by atoms with Gasteiger partial charge >= 0.3 is 0 Å². The van der Waals surface area contributed by atoms with E-state index in [4.69, 9.17) is 9.47 Å². The number of morpholine rings is 1. The van der Waals surface area contributed by atoms with E-state index in [-0.39, 0.29) is 10.8 Å². The Morgan fingerprint density at radius 2 is 1.78 bits per heavy atom. The van der Waals surface area contributed by atoms with Crippen LogP contribution in [-0.2, 0) is 14.8 Å². The van der Waals surface area contributed by atoms with Crippen molar-refractivity contribution < 1.29 is 22.7 Å². The maximum atomic E-state index is 12.8. The molecule has 144 valence electrons. The average Bonchev–Trinajstić information content (AvgIpc) is 2.68. The highest BCUT2D eigenvalue weighted by molar-refractivity contribution is 7.92. The molecule has 8 heteroatoms. The molecule has 1 saturated heterocycles. The van der Waals surface area contributed by atoms with Crippen molar-refractivity contribution in [1.82, 2.24) is 4.90 Å². The Hall–Kier alpha value is -2.58. The molecule has 0 radical (unpaired) electrons. The molecule has 1 N–H and O–H groups in total. The van der Waals surface area contributed by atoms with Gasteiger partial charge in [-0.05, 0) is 48.9 Å². The van der Waals surface area contributed by atoms with Crippen LogP contribution in [0.15, 0.2) is 47.4 Å². The van der Waals surface area contributed by atoms with Gasteiger partial charge in [0.15, 0.2) is 0 Å². The smallest absolute Gasteiger partial charge is 0.261 e. The van der Waals surface area contributed by atoms with E-state index in [0.29, 0.717) is 43.3 Å². The third-order valence-corrected chi connectivity index (χ3v) is 5.77. The van der Waals surface area contributed by atoms with E-state index in [1.54, 1.807) is 49.3 Å². The van der Waals surface area contributed by atoms with Crippen LogP contribution in [0.4, 0.5) is 5.69 Å². The van der Waals surface area contributed by atoms with Crippen molar-refractivity contribution in [3.63, 3.8) is 0 Å². The molecule has 0 spiro atoms. The summed E-state index contributed by atoms with van der Waals surface area (Å²) >= 11 is 0. The van der Waals surface area contributed by atoms with Crippen LogP contribution in [0, 0.1) is 6.92 Å². The zero-order valence-corrected chi connectivity index (χ0v) is 16.1. The minimum absolute atomic E-state index is 0.0422. The van der Waals surface area contributed by atoms with Gasteiger partial charge in [-0.15, -0.1) is 0 Å². The summed E-state index contributed by atoms with van der Waals surface area (Å²) in [5, 5.41) is 0. The second kappa shape index (κ2) is 7.98. The van der Waals surface area contributed by atoms with Gasteiger partial charge in [0.25, 0.3) is 15.9 Å². The highest BCUT2D eigenvalue weighted by Crippen LogP contribution is 2.22. The Kier molecular flexibility index (Phi) is 5.67. The lowest BCUT2D eigenvalue weighted by Gasteiger charge is -2.27. The van der Waals surface area contributed by atoms with Crippen molar-refractivity contribution in [2.75, 3.05) is 38.1 Å². The Bertz CT molecular complexity index is 920. The van der Waals surface area contributed by atoms with Crippen molar-refractivity contribution in [1.29, 1.82) is 0 Å². The van der Waals surface area contributed by atoms with Gasteiger partial charge in [-0.1, -0.05) is 6.07 Å². The van der Waals surface area contributed by atoms with E-state index in [1.165, 1.54) is 12.1 Å². The summed E-state index contributed by atoms with van der Waals surface area (Å²) in [4.78, 5) is 14.5. The number of carbonyl (C=O) groups excluding carboxylic acids is 1. The molecular formula is C19H22N2O5S. The highest BCUT2D eigenvalue weighted by atomic mass is 32.2. The molecule has 3 rings (SSSR count). The van der Waals surface area contributed by atoms with E-state index >= 15 is 0 Å². The number of carbonyl (C=O) groups is 1. The number of hydrogen-bond acceptors (Lipinski definition) is 5. The van der Waals surface area contributed by atoms with Crippen LogP contribution < -0.4 is 9.46 Å². The van der Waals surface area contributed by atoms with Crippen LogP contribution >= 0.6 is 0 Å². The molecule has 1 fully saturated rings. The minimum atomic E-state index is -3.82. The van der Waals surface area contributed by atoms with E-state index in [9.17, 15) is 13.2 Å². The molecule has 7 nitrogen and oxygen atoms in total. The minimum Gasteiger partial charge on any atom is -0.497 e. The van der Waals surface area contributed by atoms with Gasteiger partial charge in [-0.2, -0.15) is 0 Å². The van der Waals surface area contributed by atoms with Crippen LogP contribution in [0.3, 0.4) is 0 Å². The number of amides is 1. The summed E-state index contributed by atoms with van der Waals surface area (Å²) in [6, 6.07) is 11.1. The predicted octanol–water partition coefficient (Wildman–Crippen LogP) is 2.28. The van der Waals surface area contributed by atoms with E-state index in [2.05, 4.69) is 4.72 Å². The molecule has 27 heavy (non-hydrogen) atoms. The van der Waals surface area contributed by atoms with Crippen LogP contribution in [0.25, 0.3) is 0 Å². The fourth-order valence-electron chi connectivity index (χ4n) is 2.81. The zero-order valence-electron chi connectivity index (χ0n) is 15.3. The second-order valence-corrected chi connectivity index (χ2v) is 7.90. The van der Waals surface area contributed by atoms with E-state index in [0.717, 1.165) is 5.56 Å². The van der Waals surface area contributed by atoms with Crippen molar-refractivity contribution in [3.8, 4) is 5.75 Å². The van der Waals surface area contributed by atoms with Crippen molar-refractivity contribution >= 4 is 21.6 Å². The van der Waals surface area contributed by atoms with Gasteiger partial charge in [0.1, 0.15) is 5.75 Å². The number of nitrogens with one attached hydrogen (secondary N) is 1. The molecule has 0 bridgehead atoms. The Morgan fingerprint density at radius 1 is 1.11 bits per heavy atom. The zero-order chi connectivity index (χ0) is 19.4. The summed E-state index contributed by atoms with van der Waals surface area (Å²) < 4.78 is 38.3. The normalized spacial score (nSPS) is 14.7. The molecule has 0 aromatic heterocycles. The van der Waals surface area contributed by atoms with Gasteiger partial charge in [-0.3, -0.25) is 9.52 Å². The van der Waals surface area contributed by atoms with Gasteiger partial charge in [0.2, 0.25) is 0 Å². The molecule has 1 amide bonds. The summed E-state index contributed by atoms with van der Waals surface area (Å²) in [7, 11) is -2.28. The fraction of sp³-hybridized carbons (Fsp3) is 0.316. The number of rotatable bonds is 5. The SMILES string of the molecule is COc1ccc(NS(=O)(=O)c2ccc(C)c(C(=O)N3CCOCC3)c2)cc1. The Morgan fingerprint density at radius 3 is 2.41 bits per heavy atom. The van der Waals surface area contributed by atoms with Crippen molar-refractivity contribution in [2.45, 2.75) is 11.8 Å². The molecule has 2 aromatic rings. The number of aryl methyl sites for hydroxylation is 1. The number of nitrogens with zero attached hydrogens (tertiary/aromatic N) is 1. The molecule has 0 saturated carbocycles. The second-order valence-electron chi connectivity index (χ2n) is 6.22. The number of ether oxygens (including phenoxy) is 2. The van der Waals surface area contributed by atoms with Crippen molar-refractivity contribution in [3.05, 3.63) is 53.6 Å². The lowest BCUT2D eigenvalue weighted by Crippen LogP contribution is -2.41. The third kappa shape index (κ3) is 4.40. The summed E-state index contributed by atoms with van der Waals surface area (Å²) in [5.74, 6) is 0.448. The van der Waals surface area contributed by atoms with E-state index < -0.39 is 10.0 Å². The number of methoxy groups -OCH3 is 1. The number of hydrogen-bond donors (Lipinski definition) is 1. The maximum Gasteiger partial charge on any atom is 0.261 e. The molecule has 0 atom stereocenters. The van der Waals surface area contributed by atoms with E-state index in [1.807, 2.05) is 0 Å². The molecule has 2 aromatic carbocycles. The molecular weight excluding hydrogens is 368 g/mol. The first-order valence-corrected chi connectivity index (χ1v) is 10.0. The molecule has 1 aliphatic heterocycles. The van der Waals surface area contributed by atoms with Gasteiger partial charge in [0.05, 0.1) is 25.2 Å². The van der Waals surface area contributed by atoms with Gasteiger partial charge in [0, 0.05) is 24.3 Å². The van der Waals surface area contributed by atoms with Crippen LogP contribution in [0.2, 0.25) is 0 Å². The third-order valence-electron chi connectivity index (χ3n) is 4.39. The topological polar surface area (TPSA) is 84.9 Å². The Balaban J connectivity index is 1.85. The molecule has 1 heterocycles. The highest BCUT2D eigenvalue weighted by Gasteiger charge is 2.23. The van der Waals surface area contributed by atoms with Crippen molar-refractivity contribution in [2.24, 2.45) is 0 Å². The Labute approximate surface area is 158 Å². The van der Waals surface area contributed by atoms with Crippen LogP contribution in [0.5, 0.6) is 5.75 Å². The monoisotopic (exact) mass is 390 g/mol. The fourth-order valence-corrected chi connectivity index (χ4v) is 3.89. The van der Waals surface area contributed by atoms with Gasteiger partial charge < -0.3 is 14.4 Å². The number of anilines is 1. The predicted molar refractivity (Wildman–Crippen MR) is 102 cm³/mol. The number of benzene rings is 2. The average molecular weight is 390 g/mol. The standard InChI is InChI=1S/C19H22N2O5S/c1-14-3-8-17(13-18(14)19(22)21-9-11-26-12-10-21)27(23,24)20-15-4-6-16(25-2)7-5-15/h3-8,13,20H,9-12H2,1-2H3.